The second kappa shape index (κ2) is 5.45. The average Bonchev–Trinajstić information content (AvgIpc) is 3.16. The van der Waals surface area contributed by atoms with E-state index >= 15 is 0 Å². The number of hydrogen-bond donors (Lipinski definition) is 1. The maximum Gasteiger partial charge on any atom is 0.0492 e. The van der Waals surface area contributed by atoms with Crippen LogP contribution in [0.15, 0.2) is 34.9 Å². The molecule has 96 valence electrons. The first-order valence-electron chi connectivity index (χ1n) is 6.81. The third-order valence-corrected chi connectivity index (χ3v) is 4.21. The fraction of sp³-hybridized carbons (Fsp3) is 0.467. The predicted octanol–water partition coefficient (Wildman–Crippen LogP) is 3.94. The number of nitrogens with one attached hydrogen (secondary N) is 1. The van der Waals surface area contributed by atoms with Gasteiger partial charge in [0.1, 0.15) is 0 Å². The Bertz CT molecular complexity index is 528. The fourth-order valence-corrected chi connectivity index (χ4v) is 2.97. The van der Waals surface area contributed by atoms with E-state index in [1.165, 1.54) is 47.6 Å². The molecule has 0 unspecified atom stereocenters. The molecule has 1 fully saturated rings. The molecule has 0 radical (unpaired) electrons. The number of fused-ring (bicyclic) bond motifs is 1. The summed E-state index contributed by atoms with van der Waals surface area (Å²) in [6, 6.07) is 9.41. The molecule has 0 spiro atoms. The number of halogens is 1. The van der Waals surface area contributed by atoms with Crippen molar-refractivity contribution in [1.82, 2.24) is 9.88 Å². The van der Waals surface area contributed by atoms with E-state index in [1.807, 2.05) is 0 Å². The van der Waals surface area contributed by atoms with Crippen LogP contribution in [0, 0.1) is 0 Å². The molecule has 1 aliphatic rings. The summed E-state index contributed by atoms with van der Waals surface area (Å²) in [5.74, 6) is 0. The molecule has 0 saturated heterocycles. The minimum absolute atomic E-state index is 0.839. The molecule has 0 aliphatic heterocycles. The van der Waals surface area contributed by atoms with E-state index in [1.54, 1.807) is 0 Å². The van der Waals surface area contributed by atoms with Gasteiger partial charge in [0.05, 0.1) is 0 Å². The first kappa shape index (κ1) is 12.2. The van der Waals surface area contributed by atoms with Gasteiger partial charge in [-0.3, -0.25) is 0 Å². The third-order valence-electron chi connectivity index (χ3n) is 3.58. The molecule has 1 aromatic carbocycles. The Kier molecular flexibility index (Phi) is 3.71. The molecule has 1 heterocycles. The summed E-state index contributed by atoms with van der Waals surface area (Å²) >= 11 is 3.63. The highest BCUT2D eigenvalue weighted by Crippen LogP contribution is 2.26. The van der Waals surface area contributed by atoms with Crippen LogP contribution in [-0.2, 0) is 6.54 Å². The maximum absolute atomic E-state index is 3.63. The van der Waals surface area contributed by atoms with E-state index in [9.17, 15) is 0 Å². The summed E-state index contributed by atoms with van der Waals surface area (Å²) in [6.45, 7) is 2.28. The summed E-state index contributed by atoms with van der Waals surface area (Å²) in [4.78, 5) is 0. The van der Waals surface area contributed by atoms with Gasteiger partial charge in [0.2, 0.25) is 0 Å². The molecule has 1 aromatic heterocycles. The van der Waals surface area contributed by atoms with Gasteiger partial charge in [0, 0.05) is 34.2 Å². The van der Waals surface area contributed by atoms with Crippen molar-refractivity contribution in [2.45, 2.75) is 38.3 Å². The minimum Gasteiger partial charge on any atom is -0.346 e. The van der Waals surface area contributed by atoms with Crippen molar-refractivity contribution in [1.29, 1.82) is 0 Å². The highest BCUT2D eigenvalue weighted by atomic mass is 79.9. The SMILES string of the molecule is Brc1cn(CCCCNC2CC2)c2ccccc12. The van der Waals surface area contributed by atoms with Crippen molar-refractivity contribution in [3.8, 4) is 0 Å². The van der Waals surface area contributed by atoms with E-state index in [0.29, 0.717) is 0 Å². The Morgan fingerprint density at radius 3 is 2.89 bits per heavy atom. The third kappa shape index (κ3) is 2.78. The van der Waals surface area contributed by atoms with Crippen molar-refractivity contribution in [3.63, 3.8) is 0 Å². The molecule has 2 nitrogen and oxygen atoms in total. The van der Waals surface area contributed by atoms with Gasteiger partial charge in [-0.1, -0.05) is 18.2 Å². The molecule has 0 amide bonds. The van der Waals surface area contributed by atoms with E-state index in [2.05, 4.69) is 56.3 Å². The van der Waals surface area contributed by atoms with Crippen LogP contribution in [0.5, 0.6) is 0 Å². The minimum atomic E-state index is 0.839. The molecule has 18 heavy (non-hydrogen) atoms. The number of para-hydroxylation sites is 1. The first-order chi connectivity index (χ1) is 8.84. The van der Waals surface area contributed by atoms with Gasteiger partial charge in [-0.05, 0) is 54.2 Å². The average molecular weight is 307 g/mol. The summed E-state index contributed by atoms with van der Waals surface area (Å²) < 4.78 is 3.56. The largest absolute Gasteiger partial charge is 0.346 e. The van der Waals surface area contributed by atoms with Crippen LogP contribution in [0.4, 0.5) is 0 Å². The molecular formula is C15H19BrN2. The van der Waals surface area contributed by atoms with Gasteiger partial charge in [0.25, 0.3) is 0 Å². The molecule has 1 aliphatic carbocycles. The van der Waals surface area contributed by atoms with Crippen LogP contribution in [-0.4, -0.2) is 17.2 Å². The van der Waals surface area contributed by atoms with Gasteiger partial charge in [0.15, 0.2) is 0 Å². The van der Waals surface area contributed by atoms with Crippen LogP contribution in [0.1, 0.15) is 25.7 Å². The predicted molar refractivity (Wildman–Crippen MR) is 79.9 cm³/mol. The van der Waals surface area contributed by atoms with Crippen LogP contribution < -0.4 is 5.32 Å². The van der Waals surface area contributed by atoms with Gasteiger partial charge in [-0.2, -0.15) is 0 Å². The monoisotopic (exact) mass is 306 g/mol. The van der Waals surface area contributed by atoms with Crippen molar-refractivity contribution >= 4 is 26.8 Å². The van der Waals surface area contributed by atoms with Crippen molar-refractivity contribution < 1.29 is 0 Å². The van der Waals surface area contributed by atoms with Gasteiger partial charge < -0.3 is 9.88 Å². The van der Waals surface area contributed by atoms with E-state index < -0.39 is 0 Å². The summed E-state index contributed by atoms with van der Waals surface area (Å²) in [5, 5.41) is 4.88. The molecule has 3 rings (SSSR count). The van der Waals surface area contributed by atoms with Gasteiger partial charge in [-0.25, -0.2) is 0 Å². The normalized spacial score (nSPS) is 15.4. The van der Waals surface area contributed by atoms with E-state index in [0.717, 1.165) is 12.6 Å². The van der Waals surface area contributed by atoms with Crippen molar-refractivity contribution in [3.05, 3.63) is 34.9 Å². The Morgan fingerprint density at radius 1 is 1.22 bits per heavy atom. The number of aromatic nitrogens is 1. The number of rotatable bonds is 6. The number of benzene rings is 1. The summed E-state index contributed by atoms with van der Waals surface area (Å²) in [7, 11) is 0. The lowest BCUT2D eigenvalue weighted by atomic mass is 10.2. The molecule has 3 heteroatoms. The molecular weight excluding hydrogens is 288 g/mol. The lowest BCUT2D eigenvalue weighted by molar-refractivity contribution is 0.575. The van der Waals surface area contributed by atoms with E-state index in [-0.39, 0.29) is 0 Å². The lowest BCUT2D eigenvalue weighted by Crippen LogP contribution is -2.17. The Labute approximate surface area is 116 Å². The van der Waals surface area contributed by atoms with E-state index in [4.69, 9.17) is 0 Å². The van der Waals surface area contributed by atoms with Crippen LogP contribution >= 0.6 is 15.9 Å². The smallest absolute Gasteiger partial charge is 0.0492 e. The van der Waals surface area contributed by atoms with Crippen LogP contribution in [0.2, 0.25) is 0 Å². The Morgan fingerprint density at radius 2 is 2.06 bits per heavy atom. The standard InChI is InChI=1S/C15H19BrN2/c16-14-11-18(15-6-2-1-5-13(14)15)10-4-3-9-17-12-7-8-12/h1-2,5-6,11-12,17H,3-4,7-10H2. The number of unbranched alkanes of at least 4 members (excludes halogenated alkanes) is 1. The zero-order valence-corrected chi connectivity index (χ0v) is 12.1. The quantitative estimate of drug-likeness (QED) is 0.800. The summed E-state index contributed by atoms with van der Waals surface area (Å²) in [5.41, 5.74) is 1.33. The molecule has 1 N–H and O–H groups in total. The number of hydrogen-bond acceptors (Lipinski definition) is 1. The molecule has 2 aromatic rings. The topological polar surface area (TPSA) is 17.0 Å². The Hall–Kier alpha value is -0.800. The van der Waals surface area contributed by atoms with Crippen molar-refractivity contribution in [2.24, 2.45) is 0 Å². The molecule has 1 saturated carbocycles. The second-order valence-corrected chi connectivity index (χ2v) is 5.98. The molecule has 0 atom stereocenters. The van der Waals surface area contributed by atoms with Crippen LogP contribution in [0.25, 0.3) is 10.9 Å². The number of aryl methyl sites for hydroxylation is 1. The Balaban J connectivity index is 1.56. The highest BCUT2D eigenvalue weighted by molar-refractivity contribution is 9.10. The van der Waals surface area contributed by atoms with Crippen molar-refractivity contribution in [2.75, 3.05) is 6.54 Å². The fourth-order valence-electron chi connectivity index (χ4n) is 2.39. The lowest BCUT2D eigenvalue weighted by Gasteiger charge is -2.06. The maximum atomic E-state index is 3.63. The highest BCUT2D eigenvalue weighted by Gasteiger charge is 2.19. The summed E-state index contributed by atoms with van der Waals surface area (Å²) in [6.07, 6.45) is 7.48. The molecule has 0 bridgehead atoms. The second-order valence-electron chi connectivity index (χ2n) is 5.12. The van der Waals surface area contributed by atoms with Gasteiger partial charge >= 0.3 is 0 Å². The number of nitrogens with zero attached hydrogens (tertiary/aromatic N) is 1. The zero-order valence-electron chi connectivity index (χ0n) is 10.5. The van der Waals surface area contributed by atoms with Crippen LogP contribution in [0.3, 0.4) is 0 Å². The first-order valence-corrected chi connectivity index (χ1v) is 7.60. The van der Waals surface area contributed by atoms with Gasteiger partial charge in [-0.15, -0.1) is 0 Å². The zero-order chi connectivity index (χ0) is 12.4.